The highest BCUT2D eigenvalue weighted by Gasteiger charge is 2.23. The molecule has 92 valence electrons. The Labute approximate surface area is 100 Å². The van der Waals surface area contributed by atoms with E-state index in [1.807, 2.05) is 11.9 Å². The molecule has 0 atom stereocenters. The van der Waals surface area contributed by atoms with E-state index in [1.165, 1.54) is 0 Å². The maximum absolute atomic E-state index is 11.6. The van der Waals surface area contributed by atoms with Crippen LogP contribution in [-0.4, -0.2) is 32.6 Å². The number of rotatable bonds is 4. The van der Waals surface area contributed by atoms with Gasteiger partial charge in [-0.05, 0) is 17.5 Å². The fourth-order valence-electron chi connectivity index (χ4n) is 1.51. The van der Waals surface area contributed by atoms with Gasteiger partial charge in [0.1, 0.15) is 9.90 Å². The predicted molar refractivity (Wildman–Crippen MR) is 67.7 cm³/mol. The molecule has 0 aromatic carbocycles. The van der Waals surface area contributed by atoms with Crippen molar-refractivity contribution in [3.05, 3.63) is 0 Å². The molecule has 0 saturated carbocycles. The minimum absolute atomic E-state index is 0.0955. The van der Waals surface area contributed by atoms with E-state index >= 15 is 0 Å². The van der Waals surface area contributed by atoms with Crippen molar-refractivity contribution in [1.82, 2.24) is 4.37 Å². The topological polar surface area (TPSA) is 76.3 Å². The number of nitrogen functional groups attached to an aromatic ring is 1. The van der Waals surface area contributed by atoms with Gasteiger partial charge in [-0.3, -0.25) is 0 Å². The molecular weight excluding hydrogens is 246 g/mol. The van der Waals surface area contributed by atoms with Crippen LogP contribution in [0.4, 0.5) is 10.8 Å². The Morgan fingerprint density at radius 1 is 1.50 bits per heavy atom. The lowest BCUT2D eigenvalue weighted by Crippen LogP contribution is -2.23. The van der Waals surface area contributed by atoms with E-state index in [-0.39, 0.29) is 10.7 Å². The van der Waals surface area contributed by atoms with Crippen molar-refractivity contribution >= 4 is 32.2 Å². The van der Waals surface area contributed by atoms with Crippen molar-refractivity contribution in [1.29, 1.82) is 0 Å². The van der Waals surface area contributed by atoms with Gasteiger partial charge in [-0.15, -0.1) is 0 Å². The van der Waals surface area contributed by atoms with Crippen LogP contribution in [0, 0.1) is 5.92 Å². The number of hydrogen-bond acceptors (Lipinski definition) is 6. The monoisotopic (exact) mass is 263 g/mol. The third-order valence-electron chi connectivity index (χ3n) is 2.01. The molecule has 1 aromatic heterocycles. The fraction of sp³-hybridized carbons (Fsp3) is 0.667. The molecule has 0 aliphatic rings. The second-order valence-electron chi connectivity index (χ2n) is 4.25. The molecule has 0 amide bonds. The smallest absolute Gasteiger partial charge is 0.182 e. The van der Waals surface area contributed by atoms with Gasteiger partial charge in [0.25, 0.3) is 0 Å². The van der Waals surface area contributed by atoms with Crippen LogP contribution in [0.2, 0.25) is 0 Å². The minimum atomic E-state index is -3.32. The van der Waals surface area contributed by atoms with Gasteiger partial charge in [-0.25, -0.2) is 8.42 Å². The Morgan fingerprint density at radius 3 is 2.50 bits per heavy atom. The van der Waals surface area contributed by atoms with Crippen LogP contribution in [0.1, 0.15) is 13.8 Å². The van der Waals surface area contributed by atoms with E-state index in [9.17, 15) is 8.42 Å². The summed E-state index contributed by atoms with van der Waals surface area (Å²) in [6.07, 6.45) is 1.15. The molecule has 0 aliphatic carbocycles. The molecule has 0 bridgehead atoms. The first-order valence-corrected chi connectivity index (χ1v) is 7.56. The Kier molecular flexibility index (Phi) is 3.80. The predicted octanol–water partition coefficient (Wildman–Crippen LogP) is 1.22. The Bertz CT molecular complexity index is 465. The summed E-state index contributed by atoms with van der Waals surface area (Å²) in [5.41, 5.74) is 5.59. The zero-order valence-corrected chi connectivity index (χ0v) is 11.5. The van der Waals surface area contributed by atoms with E-state index in [0.29, 0.717) is 10.9 Å². The van der Waals surface area contributed by atoms with Crippen LogP contribution in [0.25, 0.3) is 0 Å². The van der Waals surface area contributed by atoms with Gasteiger partial charge in [0.05, 0.1) is 0 Å². The normalized spacial score (nSPS) is 12.1. The lowest BCUT2D eigenvalue weighted by Gasteiger charge is -2.20. The Hall–Kier alpha value is -0.820. The second-order valence-corrected chi connectivity index (χ2v) is 6.95. The second kappa shape index (κ2) is 4.58. The van der Waals surface area contributed by atoms with Crippen LogP contribution < -0.4 is 10.6 Å². The summed E-state index contributed by atoms with van der Waals surface area (Å²) in [5.74, 6) is 0.541. The van der Waals surface area contributed by atoms with Gasteiger partial charge in [-0.2, -0.15) is 4.37 Å². The largest absolute Gasteiger partial charge is 0.382 e. The van der Waals surface area contributed by atoms with Crippen molar-refractivity contribution in [2.24, 2.45) is 5.92 Å². The molecule has 7 heteroatoms. The lowest BCUT2D eigenvalue weighted by atomic mass is 10.2. The first-order valence-electron chi connectivity index (χ1n) is 4.89. The number of hydrogen-bond donors (Lipinski definition) is 1. The van der Waals surface area contributed by atoms with Crippen molar-refractivity contribution in [2.45, 2.75) is 18.7 Å². The van der Waals surface area contributed by atoms with Crippen LogP contribution in [0.3, 0.4) is 0 Å². The summed E-state index contributed by atoms with van der Waals surface area (Å²) in [6, 6.07) is 0. The van der Waals surface area contributed by atoms with Gasteiger partial charge in [-0.1, -0.05) is 13.8 Å². The molecule has 2 N–H and O–H groups in total. The highest BCUT2D eigenvalue weighted by Crippen LogP contribution is 2.34. The molecule has 0 fully saturated rings. The first-order chi connectivity index (χ1) is 7.23. The van der Waals surface area contributed by atoms with Crippen molar-refractivity contribution < 1.29 is 8.42 Å². The van der Waals surface area contributed by atoms with Crippen LogP contribution in [0.5, 0.6) is 0 Å². The van der Waals surface area contributed by atoms with Crippen molar-refractivity contribution in [3.63, 3.8) is 0 Å². The van der Waals surface area contributed by atoms with E-state index < -0.39 is 9.84 Å². The third kappa shape index (κ3) is 2.85. The third-order valence-corrected chi connectivity index (χ3v) is 4.26. The average molecular weight is 263 g/mol. The SMILES string of the molecule is CC(C)CN(C)c1snc(N)c1S(C)(=O)=O. The van der Waals surface area contributed by atoms with E-state index in [0.717, 1.165) is 24.3 Å². The summed E-state index contributed by atoms with van der Waals surface area (Å²) in [7, 11) is -1.47. The van der Waals surface area contributed by atoms with Crippen LogP contribution in [-0.2, 0) is 9.84 Å². The molecule has 0 spiro atoms. The molecule has 0 aliphatic heterocycles. The summed E-state index contributed by atoms with van der Waals surface area (Å²) in [6.45, 7) is 4.91. The maximum Gasteiger partial charge on any atom is 0.182 e. The van der Waals surface area contributed by atoms with Gasteiger partial charge in [0, 0.05) is 19.8 Å². The number of anilines is 2. The molecule has 1 aromatic rings. The summed E-state index contributed by atoms with van der Waals surface area (Å²) < 4.78 is 27.1. The number of aromatic nitrogens is 1. The van der Waals surface area contributed by atoms with E-state index in [2.05, 4.69) is 18.2 Å². The van der Waals surface area contributed by atoms with Gasteiger partial charge in [0.2, 0.25) is 0 Å². The molecular formula is C9H17N3O2S2. The zero-order chi connectivity index (χ0) is 12.5. The van der Waals surface area contributed by atoms with Gasteiger partial charge >= 0.3 is 0 Å². The maximum atomic E-state index is 11.6. The summed E-state index contributed by atoms with van der Waals surface area (Å²) >= 11 is 1.12. The Balaban J connectivity index is 3.16. The highest BCUT2D eigenvalue weighted by molar-refractivity contribution is 7.91. The molecule has 1 heterocycles. The van der Waals surface area contributed by atoms with Gasteiger partial charge in [0.15, 0.2) is 15.7 Å². The first kappa shape index (κ1) is 13.2. The number of nitrogens with two attached hydrogens (primary N) is 1. The lowest BCUT2D eigenvalue weighted by molar-refractivity contribution is 0.600. The summed E-state index contributed by atoms with van der Waals surface area (Å²) in [5, 5.41) is 0.619. The average Bonchev–Trinajstić information content (AvgIpc) is 2.44. The number of nitrogens with zero attached hydrogens (tertiary/aromatic N) is 2. The minimum Gasteiger partial charge on any atom is -0.382 e. The van der Waals surface area contributed by atoms with Gasteiger partial charge < -0.3 is 10.6 Å². The van der Waals surface area contributed by atoms with E-state index in [1.54, 1.807) is 0 Å². The van der Waals surface area contributed by atoms with Crippen LogP contribution >= 0.6 is 11.5 Å². The summed E-state index contributed by atoms with van der Waals surface area (Å²) in [4.78, 5) is 2.04. The zero-order valence-electron chi connectivity index (χ0n) is 9.89. The van der Waals surface area contributed by atoms with E-state index in [4.69, 9.17) is 5.73 Å². The Morgan fingerprint density at radius 2 is 2.06 bits per heavy atom. The van der Waals surface area contributed by atoms with Crippen LogP contribution in [0.15, 0.2) is 4.90 Å². The molecule has 5 nitrogen and oxygen atoms in total. The van der Waals surface area contributed by atoms with Crippen molar-refractivity contribution in [3.8, 4) is 0 Å². The highest BCUT2D eigenvalue weighted by atomic mass is 32.2. The molecule has 0 unspecified atom stereocenters. The molecule has 16 heavy (non-hydrogen) atoms. The van der Waals surface area contributed by atoms with Crippen molar-refractivity contribution in [2.75, 3.05) is 30.5 Å². The molecule has 0 saturated heterocycles. The number of sulfone groups is 1. The quantitative estimate of drug-likeness (QED) is 0.884. The standard InChI is InChI=1S/C9H17N3O2S2/c1-6(2)5-12(3)9-7(16(4,13)14)8(10)11-15-9/h6H,5H2,1-4H3,(H2,10,11). The fourth-order valence-corrected chi connectivity index (χ4v) is 3.71. The molecule has 1 rings (SSSR count). The molecule has 0 radical (unpaired) electrons.